The molecule has 110 valence electrons. The molecule has 0 aromatic rings. The van der Waals surface area contributed by atoms with E-state index in [4.69, 9.17) is 4.74 Å². The highest BCUT2D eigenvalue weighted by Gasteiger charge is 2.40. The number of amides is 1. The predicted molar refractivity (Wildman–Crippen MR) is 73.0 cm³/mol. The summed E-state index contributed by atoms with van der Waals surface area (Å²) < 4.78 is 5.46. The number of hydrogen-bond donors (Lipinski definition) is 2. The maximum Gasteiger partial charge on any atom is 0.410 e. The molecule has 2 saturated heterocycles. The molecule has 1 atom stereocenters. The first-order valence-corrected chi connectivity index (χ1v) is 7.22. The van der Waals surface area contributed by atoms with E-state index in [0.29, 0.717) is 19.5 Å². The van der Waals surface area contributed by atoms with Crippen molar-refractivity contribution in [1.82, 2.24) is 10.2 Å². The van der Waals surface area contributed by atoms with Crippen LogP contribution in [-0.2, 0) is 4.74 Å². The van der Waals surface area contributed by atoms with Crippen LogP contribution in [0.15, 0.2) is 0 Å². The standard InChI is InChI=1S/C14H26N2O3/c1-13(2,3)19-12(17)16-7-5-4-6-11(16)8-14(18)9-15-10-14/h11,15,18H,4-10H2,1-3H3. The van der Waals surface area contributed by atoms with Crippen LogP contribution in [0.25, 0.3) is 0 Å². The minimum absolute atomic E-state index is 0.107. The number of rotatable bonds is 2. The fourth-order valence-electron chi connectivity index (χ4n) is 2.77. The fourth-order valence-corrected chi connectivity index (χ4v) is 2.77. The molecule has 2 aliphatic rings. The molecule has 5 nitrogen and oxygen atoms in total. The number of aliphatic hydroxyl groups is 1. The van der Waals surface area contributed by atoms with Crippen LogP contribution in [0, 0.1) is 0 Å². The molecule has 2 rings (SSSR count). The lowest BCUT2D eigenvalue weighted by atomic mass is 9.85. The van der Waals surface area contributed by atoms with Gasteiger partial charge in [0.25, 0.3) is 0 Å². The summed E-state index contributed by atoms with van der Waals surface area (Å²) in [6.45, 7) is 7.65. The number of piperidine rings is 1. The summed E-state index contributed by atoms with van der Waals surface area (Å²) in [5.41, 5.74) is -1.10. The van der Waals surface area contributed by atoms with Crippen LogP contribution in [0.5, 0.6) is 0 Å². The summed E-state index contributed by atoms with van der Waals surface area (Å²) in [7, 11) is 0. The molecule has 0 saturated carbocycles. The Morgan fingerprint density at radius 2 is 2.11 bits per heavy atom. The molecular weight excluding hydrogens is 244 g/mol. The average Bonchev–Trinajstić information content (AvgIpc) is 2.25. The minimum Gasteiger partial charge on any atom is -0.444 e. The molecule has 0 spiro atoms. The summed E-state index contributed by atoms with van der Waals surface area (Å²) in [6.07, 6.45) is 3.51. The van der Waals surface area contributed by atoms with Crippen molar-refractivity contribution in [1.29, 1.82) is 0 Å². The van der Waals surface area contributed by atoms with Gasteiger partial charge >= 0.3 is 6.09 Å². The average molecular weight is 270 g/mol. The molecule has 0 aromatic carbocycles. The van der Waals surface area contributed by atoms with Crippen LogP contribution < -0.4 is 5.32 Å². The Bertz CT molecular complexity index is 334. The van der Waals surface area contributed by atoms with Gasteiger partial charge < -0.3 is 20.1 Å². The number of likely N-dealkylation sites (tertiary alicyclic amines) is 1. The number of nitrogens with one attached hydrogen (secondary N) is 1. The zero-order chi connectivity index (χ0) is 14.1. The Labute approximate surface area is 115 Å². The first-order chi connectivity index (χ1) is 8.79. The second-order valence-corrected chi connectivity index (χ2v) is 6.86. The van der Waals surface area contributed by atoms with Gasteiger partial charge in [0.15, 0.2) is 0 Å². The molecule has 0 aliphatic carbocycles. The van der Waals surface area contributed by atoms with Gasteiger partial charge in [-0.1, -0.05) is 0 Å². The second-order valence-electron chi connectivity index (χ2n) is 6.86. The highest BCUT2D eigenvalue weighted by Crippen LogP contribution is 2.28. The quantitative estimate of drug-likeness (QED) is 0.798. The molecule has 2 fully saturated rings. The van der Waals surface area contributed by atoms with Gasteiger partial charge in [0.2, 0.25) is 0 Å². The number of carbonyl (C=O) groups excluding carboxylic acids is 1. The van der Waals surface area contributed by atoms with Gasteiger partial charge in [-0.15, -0.1) is 0 Å². The third-order valence-corrected chi connectivity index (χ3v) is 3.78. The highest BCUT2D eigenvalue weighted by molar-refractivity contribution is 5.68. The Morgan fingerprint density at radius 3 is 2.63 bits per heavy atom. The Morgan fingerprint density at radius 1 is 1.42 bits per heavy atom. The molecule has 2 heterocycles. The summed E-state index contributed by atoms with van der Waals surface area (Å²) in [6, 6.07) is 0.107. The molecule has 0 radical (unpaired) electrons. The van der Waals surface area contributed by atoms with Gasteiger partial charge in [-0.05, 0) is 46.5 Å². The first kappa shape index (κ1) is 14.6. The number of carbonyl (C=O) groups is 1. The van der Waals surface area contributed by atoms with Gasteiger partial charge in [-0.2, -0.15) is 0 Å². The monoisotopic (exact) mass is 270 g/mol. The van der Waals surface area contributed by atoms with E-state index in [9.17, 15) is 9.90 Å². The van der Waals surface area contributed by atoms with Crippen LogP contribution in [0.1, 0.15) is 46.5 Å². The third kappa shape index (κ3) is 3.83. The van der Waals surface area contributed by atoms with E-state index in [1.165, 1.54) is 0 Å². The van der Waals surface area contributed by atoms with E-state index in [2.05, 4.69) is 5.32 Å². The number of hydrogen-bond acceptors (Lipinski definition) is 4. The molecule has 0 bridgehead atoms. The van der Waals surface area contributed by atoms with Gasteiger partial charge in [0.1, 0.15) is 5.60 Å². The van der Waals surface area contributed by atoms with E-state index in [-0.39, 0.29) is 12.1 Å². The molecular formula is C14H26N2O3. The van der Waals surface area contributed by atoms with Crippen molar-refractivity contribution in [2.45, 2.75) is 63.7 Å². The smallest absolute Gasteiger partial charge is 0.410 e. The van der Waals surface area contributed by atoms with Gasteiger partial charge in [-0.25, -0.2) is 4.79 Å². The lowest BCUT2D eigenvalue weighted by molar-refractivity contribution is -0.0488. The maximum absolute atomic E-state index is 12.2. The molecule has 0 aromatic heterocycles. The fraction of sp³-hybridized carbons (Fsp3) is 0.929. The van der Waals surface area contributed by atoms with Crippen molar-refractivity contribution in [2.24, 2.45) is 0 Å². The molecule has 2 N–H and O–H groups in total. The molecule has 1 amide bonds. The zero-order valence-electron chi connectivity index (χ0n) is 12.2. The normalized spacial score (nSPS) is 26.7. The van der Waals surface area contributed by atoms with Crippen LogP contribution >= 0.6 is 0 Å². The summed E-state index contributed by atoms with van der Waals surface area (Å²) in [5, 5.41) is 13.3. The van der Waals surface area contributed by atoms with E-state index in [1.807, 2.05) is 25.7 Å². The van der Waals surface area contributed by atoms with Gasteiger partial charge in [0, 0.05) is 25.7 Å². The van der Waals surface area contributed by atoms with E-state index in [0.717, 1.165) is 25.8 Å². The molecule has 5 heteroatoms. The van der Waals surface area contributed by atoms with E-state index in [1.54, 1.807) is 0 Å². The van der Waals surface area contributed by atoms with Crippen molar-refractivity contribution in [2.75, 3.05) is 19.6 Å². The largest absolute Gasteiger partial charge is 0.444 e. The zero-order valence-corrected chi connectivity index (χ0v) is 12.2. The third-order valence-electron chi connectivity index (χ3n) is 3.78. The number of β-amino-alcohol motifs (C(OH)–C–C–N with tert-alkyl or cyclic N) is 1. The van der Waals surface area contributed by atoms with Crippen molar-refractivity contribution in [3.63, 3.8) is 0 Å². The summed E-state index contributed by atoms with van der Waals surface area (Å²) in [5.74, 6) is 0. The Hall–Kier alpha value is -0.810. The van der Waals surface area contributed by atoms with Crippen LogP contribution in [0.4, 0.5) is 4.79 Å². The van der Waals surface area contributed by atoms with Gasteiger partial charge in [0.05, 0.1) is 5.60 Å². The molecule has 1 unspecified atom stereocenters. The minimum atomic E-state index is -0.637. The number of nitrogens with zero attached hydrogens (tertiary/aromatic N) is 1. The van der Waals surface area contributed by atoms with Crippen LogP contribution in [0.2, 0.25) is 0 Å². The summed E-state index contributed by atoms with van der Waals surface area (Å²) >= 11 is 0. The second kappa shape index (κ2) is 5.29. The van der Waals surface area contributed by atoms with Crippen LogP contribution in [0.3, 0.4) is 0 Å². The molecule has 2 aliphatic heterocycles. The Kier molecular flexibility index (Phi) is 4.06. The van der Waals surface area contributed by atoms with E-state index >= 15 is 0 Å². The van der Waals surface area contributed by atoms with Crippen LogP contribution in [-0.4, -0.2) is 53.0 Å². The van der Waals surface area contributed by atoms with E-state index < -0.39 is 11.2 Å². The lowest BCUT2D eigenvalue weighted by Crippen LogP contribution is -2.62. The molecule has 19 heavy (non-hydrogen) atoms. The van der Waals surface area contributed by atoms with Crippen molar-refractivity contribution >= 4 is 6.09 Å². The Balaban J connectivity index is 1.97. The highest BCUT2D eigenvalue weighted by atomic mass is 16.6. The van der Waals surface area contributed by atoms with Crippen molar-refractivity contribution < 1.29 is 14.6 Å². The maximum atomic E-state index is 12.2. The van der Waals surface area contributed by atoms with Crippen molar-refractivity contribution in [3.05, 3.63) is 0 Å². The van der Waals surface area contributed by atoms with Crippen molar-refractivity contribution in [3.8, 4) is 0 Å². The predicted octanol–water partition coefficient (Wildman–Crippen LogP) is 1.50. The first-order valence-electron chi connectivity index (χ1n) is 7.22. The lowest BCUT2D eigenvalue weighted by Gasteiger charge is -2.44. The topological polar surface area (TPSA) is 61.8 Å². The summed E-state index contributed by atoms with van der Waals surface area (Å²) in [4.78, 5) is 14.0. The number of ether oxygens (including phenoxy) is 1. The van der Waals surface area contributed by atoms with Gasteiger partial charge in [-0.3, -0.25) is 0 Å². The SMILES string of the molecule is CC(C)(C)OC(=O)N1CCCCC1CC1(O)CNC1.